The van der Waals surface area contributed by atoms with Crippen LogP contribution in [0.25, 0.3) is 0 Å². The highest BCUT2D eigenvalue weighted by Crippen LogP contribution is 2.56. The normalized spacial score (nSPS) is 13.1. The Balaban J connectivity index is 1.75. The van der Waals surface area contributed by atoms with Crippen molar-refractivity contribution >= 4 is 0 Å². The van der Waals surface area contributed by atoms with Crippen LogP contribution >= 0.6 is 0 Å². The molecule has 240 valence electrons. The number of phenolic OH excluding ortho intramolecular Hbond substituents is 2. The Morgan fingerprint density at radius 2 is 0.733 bits per heavy atom. The molecule has 0 atom stereocenters. The second-order valence-corrected chi connectivity index (χ2v) is 9.35. The van der Waals surface area contributed by atoms with Crippen LogP contribution in [0.5, 0.6) is 34.5 Å². The van der Waals surface area contributed by atoms with E-state index in [1.54, 1.807) is 0 Å². The lowest BCUT2D eigenvalue weighted by Crippen LogP contribution is -2.54. The summed E-state index contributed by atoms with van der Waals surface area (Å²) in [6.07, 6.45) is -22.2. The van der Waals surface area contributed by atoms with Gasteiger partial charge in [-0.1, -0.05) is 24.3 Å². The third-order valence-corrected chi connectivity index (χ3v) is 6.42. The van der Waals surface area contributed by atoms with Crippen LogP contribution in [-0.2, 0) is 17.8 Å². The van der Waals surface area contributed by atoms with Crippen LogP contribution in [0.2, 0.25) is 0 Å². The van der Waals surface area contributed by atoms with Gasteiger partial charge in [-0.05, 0) is 71.8 Å². The van der Waals surface area contributed by atoms with Crippen molar-refractivity contribution in [2.75, 3.05) is 0 Å². The molecule has 4 nitrogen and oxygen atoms in total. The second-order valence-electron chi connectivity index (χ2n) is 9.35. The molecule has 0 aromatic heterocycles. The first-order chi connectivity index (χ1) is 20.6. The molecule has 0 saturated heterocycles. The van der Waals surface area contributed by atoms with Gasteiger partial charge in [0.25, 0.3) is 0 Å². The number of ether oxygens (including phenoxy) is 2. The summed E-state index contributed by atoms with van der Waals surface area (Å²) in [7, 11) is 0. The highest BCUT2D eigenvalue weighted by atomic mass is 19.4. The third kappa shape index (κ3) is 6.54. The molecule has 0 amide bonds. The van der Waals surface area contributed by atoms with E-state index in [-0.39, 0.29) is 0 Å². The maximum Gasteiger partial charge on any atom is 0.420 e. The van der Waals surface area contributed by atoms with E-state index in [1.165, 1.54) is 0 Å². The predicted molar refractivity (Wildman–Crippen MR) is 132 cm³/mol. The van der Waals surface area contributed by atoms with E-state index in [9.17, 15) is 62.9 Å². The molecule has 0 radical (unpaired) electrons. The quantitative estimate of drug-likeness (QED) is 0.203. The Morgan fingerprint density at radius 3 is 1.00 bits per heavy atom. The molecule has 0 aliphatic rings. The first-order valence-electron chi connectivity index (χ1n) is 12.2. The van der Waals surface area contributed by atoms with Crippen LogP contribution in [-0.4, -0.2) is 22.6 Å². The van der Waals surface area contributed by atoms with E-state index in [2.05, 4.69) is 0 Å². The highest BCUT2D eigenvalue weighted by Gasteiger charge is 2.72. The summed E-state index contributed by atoms with van der Waals surface area (Å²) in [6.45, 7) is 0. The molecule has 0 aliphatic heterocycles. The Morgan fingerprint density at radius 1 is 0.422 bits per heavy atom. The van der Waals surface area contributed by atoms with Crippen molar-refractivity contribution in [1.29, 1.82) is 0 Å². The molecule has 0 aliphatic carbocycles. The predicted octanol–water partition coefficient (Wildman–Crippen LogP) is 10.1. The molecular formula is C29H16F12O4. The molecule has 16 heteroatoms. The number of benzene rings is 4. The maximum absolute atomic E-state index is 14.5. The molecule has 0 fully saturated rings. The fourth-order valence-electron chi connectivity index (χ4n) is 4.44. The summed E-state index contributed by atoms with van der Waals surface area (Å²) in [5.74, 6) is -4.53. The van der Waals surface area contributed by atoms with E-state index in [0.717, 1.165) is 12.1 Å². The molecule has 45 heavy (non-hydrogen) atoms. The Kier molecular flexibility index (Phi) is 8.33. The lowest BCUT2D eigenvalue weighted by Gasteiger charge is -2.38. The Labute approximate surface area is 244 Å². The van der Waals surface area contributed by atoms with Crippen molar-refractivity contribution in [2.24, 2.45) is 0 Å². The first kappa shape index (κ1) is 33.1. The maximum atomic E-state index is 14.5. The van der Waals surface area contributed by atoms with Gasteiger partial charge in [0.15, 0.2) is 0 Å². The van der Waals surface area contributed by atoms with Crippen molar-refractivity contribution in [3.05, 3.63) is 107 Å². The van der Waals surface area contributed by atoms with Crippen LogP contribution in [0.3, 0.4) is 0 Å². The minimum atomic E-state index is -6.07. The van der Waals surface area contributed by atoms with Gasteiger partial charge in [-0.3, -0.25) is 0 Å². The minimum absolute atomic E-state index is 0.307. The average Bonchev–Trinajstić information content (AvgIpc) is 2.90. The molecule has 0 saturated carbocycles. The summed E-state index contributed by atoms with van der Waals surface area (Å²) in [5, 5.41) is 18.7. The smallest absolute Gasteiger partial charge is 0.420 e. The lowest BCUT2D eigenvalue weighted by atomic mass is 9.73. The molecule has 4 aromatic carbocycles. The number of rotatable bonds is 6. The third-order valence-electron chi connectivity index (χ3n) is 6.42. The van der Waals surface area contributed by atoms with Crippen LogP contribution in [0.15, 0.2) is 84.9 Å². The fraction of sp³-hybridized carbons (Fsp3) is 0.172. The van der Waals surface area contributed by atoms with Gasteiger partial charge in [0, 0.05) is 0 Å². The zero-order valence-electron chi connectivity index (χ0n) is 21.8. The largest absolute Gasteiger partial charge is 0.508 e. The average molecular weight is 656 g/mol. The van der Waals surface area contributed by atoms with E-state index in [0.29, 0.717) is 72.8 Å². The Bertz CT molecular complexity index is 1530. The highest BCUT2D eigenvalue weighted by molar-refractivity contribution is 5.50. The number of aromatic hydroxyl groups is 2. The summed E-state index contributed by atoms with van der Waals surface area (Å²) in [5.41, 5.74) is -10.5. The fourth-order valence-corrected chi connectivity index (χ4v) is 4.44. The molecular weight excluding hydrogens is 640 g/mol. The molecule has 4 rings (SSSR count). The summed E-state index contributed by atoms with van der Waals surface area (Å²) in [4.78, 5) is 0. The Hall–Kier alpha value is -4.76. The number of halogens is 12. The minimum Gasteiger partial charge on any atom is -0.508 e. The van der Waals surface area contributed by atoms with Gasteiger partial charge in [0.1, 0.15) is 45.6 Å². The van der Waals surface area contributed by atoms with Crippen LogP contribution < -0.4 is 9.47 Å². The van der Waals surface area contributed by atoms with Crippen LogP contribution in [0.4, 0.5) is 52.7 Å². The number of alkyl halides is 12. The van der Waals surface area contributed by atoms with Crippen molar-refractivity contribution in [3.63, 3.8) is 0 Å². The summed E-state index contributed by atoms with van der Waals surface area (Å²) < 4.78 is 177. The number of phenols is 2. The van der Waals surface area contributed by atoms with Gasteiger partial charge in [0.05, 0.1) is 0 Å². The van der Waals surface area contributed by atoms with Crippen molar-refractivity contribution in [2.45, 2.75) is 30.1 Å². The van der Waals surface area contributed by atoms with E-state index >= 15 is 0 Å². The number of hydrogen-bond donors (Lipinski definition) is 2. The van der Waals surface area contributed by atoms with Gasteiger partial charge >= 0.3 is 24.7 Å². The lowest BCUT2D eigenvalue weighted by molar-refractivity contribution is -0.288. The first-order valence-corrected chi connectivity index (χ1v) is 12.2. The van der Waals surface area contributed by atoms with Crippen LogP contribution in [0.1, 0.15) is 22.3 Å². The van der Waals surface area contributed by atoms with E-state index in [1.807, 2.05) is 0 Å². The number of hydrogen-bond acceptors (Lipinski definition) is 4. The monoisotopic (exact) mass is 656 g/mol. The van der Waals surface area contributed by atoms with Crippen molar-refractivity contribution in [1.82, 2.24) is 0 Å². The molecule has 0 heterocycles. The second kappa shape index (κ2) is 11.3. The van der Waals surface area contributed by atoms with Crippen molar-refractivity contribution in [3.8, 4) is 34.5 Å². The van der Waals surface area contributed by atoms with Gasteiger partial charge in [-0.15, -0.1) is 0 Å². The van der Waals surface area contributed by atoms with Gasteiger partial charge in [-0.2, -0.15) is 52.7 Å². The van der Waals surface area contributed by atoms with Crippen molar-refractivity contribution < 1.29 is 72.4 Å². The molecule has 4 aromatic rings. The van der Waals surface area contributed by atoms with E-state index < -0.39 is 86.9 Å². The topological polar surface area (TPSA) is 58.9 Å². The van der Waals surface area contributed by atoms with Crippen LogP contribution in [0, 0.1) is 0 Å². The standard InChI is InChI=1S/C29H16F12O4/c30-26(31,32)21-13-17(42)5-11-23(21)44-19-7-1-15(2-8-19)25(28(36,37)38,29(39,40)41)16-3-9-20(10-4-16)45-24-12-6-18(43)14-22(24)27(33,34)35/h1-14,42-43H. The SMILES string of the molecule is Oc1ccc(Oc2ccc(C(c3ccc(Oc4ccc(O)cc4C(F)(F)F)cc3)(C(F)(F)F)C(F)(F)F)cc2)c(C(F)(F)F)c1. The van der Waals surface area contributed by atoms with Gasteiger partial charge < -0.3 is 19.7 Å². The summed E-state index contributed by atoms with van der Waals surface area (Å²) in [6, 6.07) is 7.34. The molecule has 0 spiro atoms. The van der Waals surface area contributed by atoms with Gasteiger partial charge in [-0.25, -0.2) is 0 Å². The zero-order valence-corrected chi connectivity index (χ0v) is 21.8. The van der Waals surface area contributed by atoms with E-state index in [4.69, 9.17) is 9.47 Å². The molecule has 0 bridgehead atoms. The molecule has 2 N–H and O–H groups in total. The van der Waals surface area contributed by atoms with Gasteiger partial charge in [0.2, 0.25) is 5.41 Å². The summed E-state index contributed by atoms with van der Waals surface area (Å²) >= 11 is 0. The molecule has 0 unspecified atom stereocenters. The zero-order chi connectivity index (χ0) is 33.6.